The fraction of sp³-hybridized carbons (Fsp3) is 0.444. The van der Waals surface area contributed by atoms with Crippen molar-refractivity contribution >= 4 is 17.6 Å². The van der Waals surface area contributed by atoms with Gasteiger partial charge in [-0.3, -0.25) is 19.1 Å². The van der Waals surface area contributed by atoms with Crippen molar-refractivity contribution in [3.63, 3.8) is 0 Å². The van der Waals surface area contributed by atoms with E-state index in [0.29, 0.717) is 24.5 Å². The SMILES string of the molecule is CN(C)C(=O)C[C@@H](O)c1cc2n(n1)CCN(C(=O)C(=O)c1cccn1C)C2. The molecule has 0 unspecified atom stereocenters. The van der Waals surface area contributed by atoms with Gasteiger partial charge >= 0.3 is 0 Å². The van der Waals surface area contributed by atoms with Crippen LogP contribution in [-0.2, 0) is 29.7 Å². The topological polar surface area (TPSA) is 101 Å². The number of amides is 2. The average Bonchev–Trinajstić information content (AvgIpc) is 3.25. The third kappa shape index (κ3) is 3.77. The normalized spacial score (nSPS) is 14.6. The van der Waals surface area contributed by atoms with Gasteiger partial charge in [-0.05, 0) is 18.2 Å². The smallest absolute Gasteiger partial charge is 0.296 e. The van der Waals surface area contributed by atoms with Crippen LogP contribution in [0, 0.1) is 0 Å². The minimum absolute atomic E-state index is 0.0575. The number of rotatable bonds is 5. The van der Waals surface area contributed by atoms with E-state index in [1.807, 2.05) is 0 Å². The molecule has 0 aromatic carbocycles. The van der Waals surface area contributed by atoms with E-state index >= 15 is 0 Å². The van der Waals surface area contributed by atoms with Crippen LogP contribution in [0.2, 0.25) is 0 Å². The maximum absolute atomic E-state index is 12.6. The Morgan fingerprint density at radius 3 is 2.67 bits per heavy atom. The van der Waals surface area contributed by atoms with Gasteiger partial charge in [0.1, 0.15) is 6.10 Å². The van der Waals surface area contributed by atoms with Crippen LogP contribution in [0.25, 0.3) is 0 Å². The van der Waals surface area contributed by atoms with Crippen molar-refractivity contribution in [1.29, 1.82) is 0 Å². The number of ketones is 1. The lowest BCUT2D eigenvalue weighted by atomic mass is 10.1. The first-order valence-electron chi connectivity index (χ1n) is 8.67. The summed E-state index contributed by atoms with van der Waals surface area (Å²) in [5.41, 5.74) is 1.46. The molecule has 144 valence electrons. The number of hydrogen-bond donors (Lipinski definition) is 1. The van der Waals surface area contributed by atoms with Gasteiger partial charge in [0.05, 0.1) is 36.6 Å². The number of aliphatic hydroxyl groups excluding tert-OH is 1. The van der Waals surface area contributed by atoms with Gasteiger partial charge < -0.3 is 19.5 Å². The molecule has 3 heterocycles. The monoisotopic (exact) mass is 373 g/mol. The highest BCUT2D eigenvalue weighted by Gasteiger charge is 2.29. The Morgan fingerprint density at radius 1 is 1.30 bits per heavy atom. The molecule has 1 atom stereocenters. The number of hydrogen-bond acceptors (Lipinski definition) is 5. The standard InChI is InChI=1S/C18H23N5O4/c1-20(2)16(25)10-15(24)13-9-12-11-22(7-8-23(12)19-13)18(27)17(26)14-5-4-6-21(14)3/h4-6,9,15,24H,7-8,10-11H2,1-3H3/t15-/m1/s1. The second-order valence-corrected chi connectivity index (χ2v) is 6.85. The Labute approximate surface area is 156 Å². The highest BCUT2D eigenvalue weighted by Crippen LogP contribution is 2.21. The van der Waals surface area contributed by atoms with E-state index in [1.165, 1.54) is 9.80 Å². The van der Waals surface area contributed by atoms with E-state index in [2.05, 4.69) is 5.10 Å². The zero-order chi connectivity index (χ0) is 19.7. The van der Waals surface area contributed by atoms with Crippen LogP contribution in [0.3, 0.4) is 0 Å². The van der Waals surface area contributed by atoms with E-state index in [9.17, 15) is 19.5 Å². The lowest BCUT2D eigenvalue weighted by Crippen LogP contribution is -2.42. The molecule has 2 amide bonds. The molecule has 3 rings (SSSR count). The first kappa shape index (κ1) is 18.8. The fourth-order valence-corrected chi connectivity index (χ4v) is 3.03. The number of carbonyl (C=O) groups excluding carboxylic acids is 3. The molecular formula is C18H23N5O4. The second-order valence-electron chi connectivity index (χ2n) is 6.85. The van der Waals surface area contributed by atoms with Gasteiger partial charge in [-0.2, -0.15) is 5.10 Å². The Bertz CT molecular complexity index is 882. The van der Waals surface area contributed by atoms with Gasteiger partial charge in [-0.25, -0.2) is 0 Å². The number of nitrogens with zero attached hydrogens (tertiary/aromatic N) is 5. The van der Waals surface area contributed by atoms with Gasteiger partial charge in [-0.15, -0.1) is 0 Å². The van der Waals surface area contributed by atoms with Gasteiger partial charge in [0, 0.05) is 33.9 Å². The van der Waals surface area contributed by atoms with Crippen molar-refractivity contribution in [3.05, 3.63) is 41.5 Å². The van der Waals surface area contributed by atoms with Crippen molar-refractivity contribution in [2.24, 2.45) is 7.05 Å². The van der Waals surface area contributed by atoms with Crippen molar-refractivity contribution in [1.82, 2.24) is 24.1 Å². The molecule has 0 spiro atoms. The number of fused-ring (bicyclic) bond motifs is 1. The van der Waals surface area contributed by atoms with Crippen LogP contribution in [0.15, 0.2) is 24.4 Å². The molecule has 1 aliphatic heterocycles. The zero-order valence-corrected chi connectivity index (χ0v) is 15.6. The molecule has 0 saturated heterocycles. The van der Waals surface area contributed by atoms with Crippen LogP contribution < -0.4 is 0 Å². The molecule has 0 bridgehead atoms. The highest BCUT2D eigenvalue weighted by molar-refractivity contribution is 6.42. The molecule has 1 aliphatic rings. The maximum Gasteiger partial charge on any atom is 0.296 e. The van der Waals surface area contributed by atoms with E-state index in [0.717, 1.165) is 5.69 Å². The lowest BCUT2D eigenvalue weighted by Gasteiger charge is -2.27. The van der Waals surface area contributed by atoms with Crippen LogP contribution in [0.1, 0.15) is 34.4 Å². The summed E-state index contributed by atoms with van der Waals surface area (Å²) in [5, 5.41) is 14.6. The van der Waals surface area contributed by atoms with Gasteiger partial charge in [0.25, 0.3) is 11.7 Å². The summed E-state index contributed by atoms with van der Waals surface area (Å²) in [4.78, 5) is 39.6. The predicted molar refractivity (Wildman–Crippen MR) is 95.7 cm³/mol. The van der Waals surface area contributed by atoms with Crippen LogP contribution in [0.4, 0.5) is 0 Å². The average molecular weight is 373 g/mol. The maximum atomic E-state index is 12.6. The van der Waals surface area contributed by atoms with E-state index in [-0.39, 0.29) is 18.9 Å². The van der Waals surface area contributed by atoms with E-state index < -0.39 is 17.8 Å². The zero-order valence-electron chi connectivity index (χ0n) is 15.6. The van der Waals surface area contributed by atoms with Crippen molar-refractivity contribution in [2.75, 3.05) is 20.6 Å². The number of aryl methyl sites for hydroxylation is 1. The Kier molecular flexibility index (Phi) is 5.13. The Balaban J connectivity index is 1.70. The summed E-state index contributed by atoms with van der Waals surface area (Å²) in [6, 6.07) is 5.01. The largest absolute Gasteiger partial charge is 0.386 e. The van der Waals surface area contributed by atoms with Crippen LogP contribution in [-0.4, -0.2) is 67.5 Å². The quantitative estimate of drug-likeness (QED) is 0.585. The highest BCUT2D eigenvalue weighted by atomic mass is 16.3. The Hall–Kier alpha value is -2.94. The first-order valence-corrected chi connectivity index (χ1v) is 8.67. The van der Waals surface area contributed by atoms with Crippen molar-refractivity contribution in [2.45, 2.75) is 25.6 Å². The predicted octanol–water partition coefficient (Wildman–Crippen LogP) is -0.0416. The van der Waals surface area contributed by atoms with Crippen LogP contribution in [0.5, 0.6) is 0 Å². The minimum atomic E-state index is -1.01. The molecule has 2 aromatic heterocycles. The summed E-state index contributed by atoms with van der Waals surface area (Å²) < 4.78 is 3.32. The third-order valence-corrected chi connectivity index (χ3v) is 4.68. The van der Waals surface area contributed by atoms with Crippen molar-refractivity contribution < 1.29 is 19.5 Å². The summed E-state index contributed by atoms with van der Waals surface area (Å²) >= 11 is 0. The minimum Gasteiger partial charge on any atom is -0.386 e. The van der Waals surface area contributed by atoms with Crippen LogP contribution >= 0.6 is 0 Å². The fourth-order valence-electron chi connectivity index (χ4n) is 3.03. The Morgan fingerprint density at radius 2 is 2.04 bits per heavy atom. The van der Waals surface area contributed by atoms with Gasteiger partial charge in [-0.1, -0.05) is 0 Å². The van der Waals surface area contributed by atoms with Gasteiger partial charge in [0.2, 0.25) is 5.91 Å². The summed E-state index contributed by atoms with van der Waals surface area (Å²) in [7, 11) is 4.97. The number of carbonyl (C=O) groups is 3. The molecule has 0 radical (unpaired) electrons. The molecule has 9 nitrogen and oxygen atoms in total. The lowest BCUT2D eigenvalue weighted by molar-refractivity contribution is -0.131. The molecule has 9 heteroatoms. The molecule has 0 aliphatic carbocycles. The van der Waals surface area contributed by atoms with Gasteiger partial charge in [0.15, 0.2) is 0 Å². The molecule has 1 N–H and O–H groups in total. The third-order valence-electron chi connectivity index (χ3n) is 4.68. The number of aliphatic hydroxyl groups is 1. The summed E-state index contributed by atoms with van der Waals surface area (Å²) in [6.07, 6.45) is 0.652. The molecule has 0 saturated carbocycles. The molecule has 2 aromatic rings. The first-order chi connectivity index (χ1) is 12.8. The molecular weight excluding hydrogens is 350 g/mol. The van der Waals surface area contributed by atoms with E-state index in [4.69, 9.17) is 0 Å². The number of Topliss-reactive ketones (excluding diaryl/α,β-unsaturated/α-hetero) is 1. The molecule has 0 fully saturated rings. The second kappa shape index (κ2) is 7.36. The summed E-state index contributed by atoms with van der Waals surface area (Å²) in [5.74, 6) is -1.31. The molecule has 27 heavy (non-hydrogen) atoms. The summed E-state index contributed by atoms with van der Waals surface area (Å²) in [6.45, 7) is 1.02. The van der Waals surface area contributed by atoms with Crippen molar-refractivity contribution in [3.8, 4) is 0 Å². The van der Waals surface area contributed by atoms with E-state index in [1.54, 1.807) is 54.8 Å². The number of aromatic nitrogens is 3.